The van der Waals surface area contributed by atoms with Crippen molar-refractivity contribution in [3.8, 4) is 0 Å². The van der Waals surface area contributed by atoms with Crippen LogP contribution in [0.5, 0.6) is 0 Å². The summed E-state index contributed by atoms with van der Waals surface area (Å²) >= 11 is 6.10. The number of nitrogens with zero attached hydrogens (tertiary/aromatic N) is 2. The molecule has 1 aliphatic rings. The zero-order valence-electron chi connectivity index (χ0n) is 8.56. The zero-order valence-corrected chi connectivity index (χ0v) is 9.31. The van der Waals surface area contributed by atoms with Gasteiger partial charge in [0, 0.05) is 13.1 Å². The van der Waals surface area contributed by atoms with E-state index in [4.69, 9.17) is 11.6 Å². The largest absolute Gasteiger partial charge is 0.347 e. The van der Waals surface area contributed by atoms with E-state index in [1.807, 2.05) is 41.1 Å². The van der Waals surface area contributed by atoms with Crippen LogP contribution in [0.4, 0.5) is 5.69 Å². The second kappa shape index (κ2) is 4.21. The van der Waals surface area contributed by atoms with Gasteiger partial charge in [0.2, 0.25) is 0 Å². The predicted octanol–water partition coefficient (Wildman–Crippen LogP) is 1.62. The molecule has 1 heterocycles. The van der Waals surface area contributed by atoms with Crippen molar-refractivity contribution >= 4 is 23.6 Å². The molecule has 1 aromatic carbocycles. The highest BCUT2D eigenvalue weighted by Gasteiger charge is 2.29. The van der Waals surface area contributed by atoms with Crippen LogP contribution in [0.3, 0.4) is 0 Å². The molecule has 1 fully saturated rings. The quantitative estimate of drug-likeness (QED) is 0.714. The van der Waals surface area contributed by atoms with E-state index >= 15 is 0 Å². The van der Waals surface area contributed by atoms with Crippen LogP contribution in [-0.2, 0) is 4.79 Å². The summed E-state index contributed by atoms with van der Waals surface area (Å²) in [6, 6.07) is 7.61. The Morgan fingerprint density at radius 2 is 2.13 bits per heavy atom. The number of anilines is 1. The molecule has 80 valence electrons. The van der Waals surface area contributed by atoms with Gasteiger partial charge < -0.3 is 4.90 Å². The molecule has 0 amide bonds. The standard InChI is InChI=1S/C11H13ClN2O/c1-13-6-7-14(11(13)8-15)10-5-3-2-4-9(10)12/h2-5,8,11H,6-7H2,1H3. The van der Waals surface area contributed by atoms with Crippen molar-refractivity contribution in [2.45, 2.75) is 6.17 Å². The molecule has 1 aliphatic heterocycles. The molecule has 1 unspecified atom stereocenters. The second-order valence-corrected chi connectivity index (χ2v) is 4.08. The third-order valence-electron chi connectivity index (χ3n) is 2.75. The van der Waals surface area contributed by atoms with E-state index in [2.05, 4.69) is 0 Å². The van der Waals surface area contributed by atoms with Crippen LogP contribution >= 0.6 is 11.6 Å². The Bertz CT molecular complexity index is 369. The number of halogens is 1. The van der Waals surface area contributed by atoms with Crippen molar-refractivity contribution in [2.75, 3.05) is 25.0 Å². The number of rotatable bonds is 2. The van der Waals surface area contributed by atoms with Gasteiger partial charge in [0.05, 0.1) is 10.7 Å². The Morgan fingerprint density at radius 3 is 2.80 bits per heavy atom. The van der Waals surface area contributed by atoms with Crippen LogP contribution in [-0.4, -0.2) is 37.5 Å². The van der Waals surface area contributed by atoms with Crippen molar-refractivity contribution in [3.63, 3.8) is 0 Å². The van der Waals surface area contributed by atoms with E-state index in [1.165, 1.54) is 0 Å². The van der Waals surface area contributed by atoms with Crippen molar-refractivity contribution < 1.29 is 4.79 Å². The van der Waals surface area contributed by atoms with Crippen LogP contribution < -0.4 is 4.90 Å². The van der Waals surface area contributed by atoms with Gasteiger partial charge in [-0.2, -0.15) is 0 Å². The first-order valence-electron chi connectivity index (χ1n) is 4.91. The molecule has 0 bridgehead atoms. The van der Waals surface area contributed by atoms with Crippen molar-refractivity contribution in [2.24, 2.45) is 0 Å². The van der Waals surface area contributed by atoms with Crippen molar-refractivity contribution in [1.82, 2.24) is 4.90 Å². The molecule has 1 atom stereocenters. The summed E-state index contributed by atoms with van der Waals surface area (Å²) < 4.78 is 0. The summed E-state index contributed by atoms with van der Waals surface area (Å²) in [4.78, 5) is 15.0. The Labute approximate surface area is 94.2 Å². The summed E-state index contributed by atoms with van der Waals surface area (Å²) in [5.74, 6) is 0. The Kier molecular flexibility index (Phi) is 2.93. The number of carbonyl (C=O) groups excluding carboxylic acids is 1. The third-order valence-corrected chi connectivity index (χ3v) is 3.07. The number of para-hydroxylation sites is 1. The zero-order chi connectivity index (χ0) is 10.8. The lowest BCUT2D eigenvalue weighted by Crippen LogP contribution is -2.38. The molecule has 15 heavy (non-hydrogen) atoms. The van der Waals surface area contributed by atoms with E-state index in [0.717, 1.165) is 25.1 Å². The number of likely N-dealkylation sites (N-methyl/N-ethyl adjacent to an activating group) is 1. The molecular formula is C11H13ClN2O. The third kappa shape index (κ3) is 1.85. The lowest BCUT2D eigenvalue weighted by atomic mass is 10.3. The van der Waals surface area contributed by atoms with Crippen molar-refractivity contribution in [3.05, 3.63) is 29.3 Å². The monoisotopic (exact) mass is 224 g/mol. The number of carbonyl (C=O) groups is 1. The minimum absolute atomic E-state index is 0.190. The SMILES string of the molecule is CN1CCN(c2ccccc2Cl)C1C=O. The van der Waals surface area contributed by atoms with Crippen LogP contribution in [0, 0.1) is 0 Å². The fourth-order valence-electron chi connectivity index (χ4n) is 1.89. The highest BCUT2D eigenvalue weighted by molar-refractivity contribution is 6.33. The Morgan fingerprint density at radius 1 is 1.40 bits per heavy atom. The molecule has 1 saturated heterocycles. The first-order valence-corrected chi connectivity index (χ1v) is 5.28. The summed E-state index contributed by atoms with van der Waals surface area (Å²) in [6.07, 6.45) is 0.765. The molecule has 0 radical (unpaired) electrons. The van der Waals surface area contributed by atoms with E-state index in [-0.39, 0.29) is 6.17 Å². The van der Waals surface area contributed by atoms with Crippen LogP contribution in [0.2, 0.25) is 5.02 Å². The first-order chi connectivity index (χ1) is 7.24. The summed E-state index contributed by atoms with van der Waals surface area (Å²) in [7, 11) is 1.94. The van der Waals surface area contributed by atoms with Gasteiger partial charge >= 0.3 is 0 Å². The van der Waals surface area contributed by atoms with Gasteiger partial charge in [0.25, 0.3) is 0 Å². The molecule has 0 saturated carbocycles. The molecule has 1 aromatic rings. The first kappa shape index (κ1) is 10.5. The molecule has 4 heteroatoms. The predicted molar refractivity (Wildman–Crippen MR) is 61.3 cm³/mol. The smallest absolute Gasteiger partial charge is 0.157 e. The summed E-state index contributed by atoms with van der Waals surface area (Å²) in [5, 5.41) is 0.694. The maximum atomic E-state index is 11.0. The molecular weight excluding hydrogens is 212 g/mol. The van der Waals surface area contributed by atoms with Gasteiger partial charge in [0.1, 0.15) is 6.17 Å². The summed E-state index contributed by atoms with van der Waals surface area (Å²) in [5.41, 5.74) is 0.931. The lowest BCUT2D eigenvalue weighted by molar-refractivity contribution is -0.111. The van der Waals surface area contributed by atoms with E-state index in [0.29, 0.717) is 5.02 Å². The van der Waals surface area contributed by atoms with Crippen LogP contribution in [0.1, 0.15) is 0 Å². The number of hydrogen-bond acceptors (Lipinski definition) is 3. The normalized spacial score (nSPS) is 22.0. The minimum atomic E-state index is -0.190. The van der Waals surface area contributed by atoms with Crippen LogP contribution in [0.25, 0.3) is 0 Å². The molecule has 0 spiro atoms. The average molecular weight is 225 g/mol. The minimum Gasteiger partial charge on any atom is -0.347 e. The second-order valence-electron chi connectivity index (χ2n) is 3.68. The van der Waals surface area contributed by atoms with E-state index in [1.54, 1.807) is 0 Å². The highest BCUT2D eigenvalue weighted by atomic mass is 35.5. The van der Waals surface area contributed by atoms with Gasteiger partial charge in [-0.05, 0) is 19.2 Å². The molecule has 0 N–H and O–H groups in total. The number of aldehydes is 1. The van der Waals surface area contributed by atoms with Gasteiger partial charge in [-0.15, -0.1) is 0 Å². The fourth-order valence-corrected chi connectivity index (χ4v) is 2.14. The summed E-state index contributed by atoms with van der Waals surface area (Å²) in [6.45, 7) is 1.72. The average Bonchev–Trinajstić information content (AvgIpc) is 2.60. The van der Waals surface area contributed by atoms with Gasteiger partial charge in [0.15, 0.2) is 6.29 Å². The molecule has 2 rings (SSSR count). The highest BCUT2D eigenvalue weighted by Crippen LogP contribution is 2.29. The molecule has 0 aliphatic carbocycles. The Hall–Kier alpha value is -1.06. The van der Waals surface area contributed by atoms with Gasteiger partial charge in [-0.25, -0.2) is 0 Å². The Balaban J connectivity index is 2.31. The van der Waals surface area contributed by atoms with Crippen molar-refractivity contribution in [1.29, 1.82) is 0 Å². The van der Waals surface area contributed by atoms with E-state index < -0.39 is 0 Å². The van der Waals surface area contributed by atoms with Gasteiger partial charge in [-0.1, -0.05) is 23.7 Å². The number of hydrogen-bond donors (Lipinski definition) is 0. The van der Waals surface area contributed by atoms with E-state index in [9.17, 15) is 4.79 Å². The van der Waals surface area contributed by atoms with Crippen LogP contribution in [0.15, 0.2) is 24.3 Å². The maximum Gasteiger partial charge on any atom is 0.157 e. The fraction of sp³-hybridized carbons (Fsp3) is 0.364. The molecule has 0 aromatic heterocycles. The maximum absolute atomic E-state index is 11.0. The van der Waals surface area contributed by atoms with Gasteiger partial charge in [-0.3, -0.25) is 9.69 Å². The lowest BCUT2D eigenvalue weighted by Gasteiger charge is -2.25. The topological polar surface area (TPSA) is 23.6 Å². The number of benzene rings is 1. The molecule has 3 nitrogen and oxygen atoms in total.